The number of ether oxygens (including phenoxy) is 2. The van der Waals surface area contributed by atoms with Crippen molar-refractivity contribution >= 4 is 12.1 Å². The van der Waals surface area contributed by atoms with Crippen molar-refractivity contribution in [2.45, 2.75) is 12.5 Å². The fourth-order valence-corrected chi connectivity index (χ4v) is 3.96. The van der Waals surface area contributed by atoms with E-state index >= 15 is 0 Å². The Balaban J connectivity index is 1.81. The topological polar surface area (TPSA) is 71.1 Å². The van der Waals surface area contributed by atoms with Crippen molar-refractivity contribution < 1.29 is 19.1 Å². The monoisotopic (exact) mass is 381 g/mol. The van der Waals surface area contributed by atoms with Gasteiger partial charge in [-0.1, -0.05) is 30.3 Å². The van der Waals surface area contributed by atoms with Crippen molar-refractivity contribution in [3.63, 3.8) is 0 Å². The molecule has 1 fully saturated rings. The van der Waals surface area contributed by atoms with Crippen molar-refractivity contribution in [1.29, 1.82) is 0 Å². The van der Waals surface area contributed by atoms with E-state index in [4.69, 9.17) is 9.47 Å². The van der Waals surface area contributed by atoms with Gasteiger partial charge >= 0.3 is 12.1 Å². The first-order valence-corrected chi connectivity index (χ1v) is 9.29. The molecule has 2 aliphatic rings. The van der Waals surface area contributed by atoms with Gasteiger partial charge in [-0.3, -0.25) is 0 Å². The average Bonchev–Trinajstić information content (AvgIpc) is 3.17. The molecule has 0 aliphatic carbocycles. The van der Waals surface area contributed by atoms with Crippen LogP contribution in [0.5, 0.6) is 11.5 Å². The van der Waals surface area contributed by atoms with E-state index in [0.29, 0.717) is 37.6 Å². The molecule has 1 unspecified atom stereocenters. The zero-order chi connectivity index (χ0) is 19.7. The number of carbonyl (C=O) groups excluding carboxylic acids is 2. The number of nitrogens with one attached hydrogen (secondary N) is 1. The first kappa shape index (κ1) is 18.2. The molecule has 0 bridgehead atoms. The van der Waals surface area contributed by atoms with Crippen LogP contribution in [-0.2, 0) is 6.42 Å². The minimum absolute atomic E-state index is 0.274. The molecule has 0 saturated carbocycles. The molecule has 0 aromatic heterocycles. The Kier molecular flexibility index (Phi) is 4.81. The van der Waals surface area contributed by atoms with E-state index in [9.17, 15) is 9.59 Å². The molecule has 2 aromatic carbocycles. The minimum atomic E-state index is -0.338. The fourth-order valence-electron chi connectivity index (χ4n) is 3.96. The van der Waals surface area contributed by atoms with Crippen LogP contribution in [0.25, 0.3) is 0 Å². The second-order valence-electron chi connectivity index (χ2n) is 6.83. The summed E-state index contributed by atoms with van der Waals surface area (Å²) >= 11 is 0. The normalized spacial score (nSPS) is 18.5. The van der Waals surface area contributed by atoms with Gasteiger partial charge in [0, 0.05) is 19.6 Å². The fraction of sp³-hybridized carbons (Fsp3) is 0.333. The summed E-state index contributed by atoms with van der Waals surface area (Å²) in [4.78, 5) is 28.3. The zero-order valence-corrected chi connectivity index (χ0v) is 16.0. The molecule has 146 valence electrons. The van der Waals surface area contributed by atoms with E-state index < -0.39 is 0 Å². The maximum atomic E-state index is 13.2. The van der Waals surface area contributed by atoms with Gasteiger partial charge in [0.05, 0.1) is 20.3 Å². The lowest BCUT2D eigenvalue weighted by molar-refractivity contribution is 0.149. The highest BCUT2D eigenvalue weighted by molar-refractivity contribution is 5.95. The number of benzene rings is 2. The highest BCUT2D eigenvalue weighted by Crippen LogP contribution is 2.41. The van der Waals surface area contributed by atoms with Gasteiger partial charge in [-0.15, -0.1) is 0 Å². The van der Waals surface area contributed by atoms with Crippen LogP contribution in [-0.4, -0.2) is 55.7 Å². The summed E-state index contributed by atoms with van der Waals surface area (Å²) in [5.74, 6) is 1.29. The van der Waals surface area contributed by atoms with E-state index in [1.54, 1.807) is 19.1 Å². The number of nitrogens with zero attached hydrogens (tertiary/aromatic N) is 2. The molecule has 0 radical (unpaired) electrons. The molecule has 1 N–H and O–H groups in total. The number of carbonyl (C=O) groups is 2. The molecule has 7 heteroatoms. The minimum Gasteiger partial charge on any atom is -0.493 e. The first-order chi connectivity index (χ1) is 13.6. The van der Waals surface area contributed by atoms with Crippen LogP contribution < -0.4 is 14.8 Å². The number of hydrogen-bond acceptors (Lipinski definition) is 4. The Morgan fingerprint density at radius 2 is 1.79 bits per heavy atom. The van der Waals surface area contributed by atoms with Crippen molar-refractivity contribution in [2.75, 3.05) is 33.9 Å². The van der Waals surface area contributed by atoms with Crippen LogP contribution in [0.4, 0.5) is 9.59 Å². The van der Waals surface area contributed by atoms with Gasteiger partial charge in [0.25, 0.3) is 0 Å². The van der Waals surface area contributed by atoms with Crippen LogP contribution in [0.2, 0.25) is 0 Å². The van der Waals surface area contributed by atoms with Crippen molar-refractivity contribution in [3.8, 4) is 11.5 Å². The molecule has 4 amide bonds. The Morgan fingerprint density at radius 3 is 2.43 bits per heavy atom. The lowest BCUT2D eigenvalue weighted by Gasteiger charge is -2.39. The molecular formula is C21H23N3O4. The lowest BCUT2D eigenvalue weighted by Crippen LogP contribution is -2.49. The maximum Gasteiger partial charge on any atom is 0.329 e. The molecule has 7 nitrogen and oxygen atoms in total. The summed E-state index contributed by atoms with van der Waals surface area (Å²) in [6, 6.07) is 12.9. The van der Waals surface area contributed by atoms with Gasteiger partial charge in [0.1, 0.15) is 0 Å². The third kappa shape index (κ3) is 3.02. The SMILES string of the molecule is COc1cc2c(cc1OC)C(c1ccccc1)N(C(=O)N1CCNC1=O)CC2. The third-order valence-corrected chi connectivity index (χ3v) is 5.32. The number of hydrogen-bond donors (Lipinski definition) is 1. The molecule has 28 heavy (non-hydrogen) atoms. The van der Waals surface area contributed by atoms with Crippen molar-refractivity contribution in [1.82, 2.24) is 15.1 Å². The molecule has 1 atom stereocenters. The van der Waals surface area contributed by atoms with E-state index in [2.05, 4.69) is 5.32 Å². The highest BCUT2D eigenvalue weighted by Gasteiger charge is 2.38. The van der Waals surface area contributed by atoms with E-state index in [1.807, 2.05) is 42.5 Å². The smallest absolute Gasteiger partial charge is 0.329 e. The van der Waals surface area contributed by atoms with Crippen LogP contribution in [0, 0.1) is 0 Å². The van der Waals surface area contributed by atoms with Crippen LogP contribution in [0.3, 0.4) is 0 Å². The van der Waals surface area contributed by atoms with E-state index in [-0.39, 0.29) is 18.1 Å². The molecule has 4 rings (SSSR count). The first-order valence-electron chi connectivity index (χ1n) is 9.29. The summed E-state index contributed by atoms with van der Waals surface area (Å²) in [6.45, 7) is 1.38. The van der Waals surface area contributed by atoms with Gasteiger partial charge in [-0.2, -0.15) is 0 Å². The Hall–Kier alpha value is -3.22. The predicted molar refractivity (Wildman–Crippen MR) is 104 cm³/mol. The quantitative estimate of drug-likeness (QED) is 0.888. The van der Waals surface area contributed by atoms with Crippen LogP contribution in [0.15, 0.2) is 42.5 Å². The second-order valence-corrected chi connectivity index (χ2v) is 6.83. The van der Waals surface area contributed by atoms with Crippen molar-refractivity contribution in [2.24, 2.45) is 0 Å². The number of rotatable bonds is 3. The molecular weight excluding hydrogens is 358 g/mol. The molecule has 2 aromatic rings. The van der Waals surface area contributed by atoms with Gasteiger partial charge in [0.2, 0.25) is 0 Å². The van der Waals surface area contributed by atoms with Crippen LogP contribution >= 0.6 is 0 Å². The number of fused-ring (bicyclic) bond motifs is 1. The summed E-state index contributed by atoms with van der Waals surface area (Å²) < 4.78 is 10.9. The number of methoxy groups -OCH3 is 2. The Morgan fingerprint density at radius 1 is 1.07 bits per heavy atom. The second kappa shape index (κ2) is 7.42. The number of urea groups is 2. The highest BCUT2D eigenvalue weighted by atomic mass is 16.5. The Labute approximate surface area is 163 Å². The maximum absolute atomic E-state index is 13.2. The van der Waals surface area contributed by atoms with E-state index in [1.165, 1.54) is 4.90 Å². The average molecular weight is 381 g/mol. The summed E-state index contributed by atoms with van der Waals surface area (Å²) in [5.41, 5.74) is 3.09. The zero-order valence-electron chi connectivity index (χ0n) is 16.0. The predicted octanol–water partition coefficient (Wildman–Crippen LogP) is 2.80. The summed E-state index contributed by atoms with van der Waals surface area (Å²) in [5, 5.41) is 2.70. The third-order valence-electron chi connectivity index (χ3n) is 5.32. The summed E-state index contributed by atoms with van der Waals surface area (Å²) in [6.07, 6.45) is 0.681. The standard InChI is InChI=1S/C21H23N3O4/c1-27-17-12-15-8-10-23(21(26)24-11-9-22-20(24)25)19(14-6-4-3-5-7-14)16(15)13-18(17)28-2/h3-7,12-13,19H,8-11H2,1-2H3,(H,22,25). The van der Waals surface area contributed by atoms with Crippen molar-refractivity contribution in [3.05, 3.63) is 59.2 Å². The largest absolute Gasteiger partial charge is 0.493 e. The summed E-state index contributed by atoms with van der Waals surface area (Å²) in [7, 11) is 3.21. The Bertz CT molecular complexity index is 900. The lowest BCUT2D eigenvalue weighted by atomic mass is 9.88. The molecule has 2 heterocycles. The van der Waals surface area contributed by atoms with E-state index in [0.717, 1.165) is 16.7 Å². The molecule has 0 spiro atoms. The molecule has 2 aliphatic heterocycles. The molecule has 1 saturated heterocycles. The van der Waals surface area contributed by atoms with Gasteiger partial charge in [0.15, 0.2) is 11.5 Å². The van der Waals surface area contributed by atoms with Gasteiger partial charge in [-0.25, -0.2) is 14.5 Å². The van der Waals surface area contributed by atoms with Gasteiger partial charge in [-0.05, 0) is 35.2 Å². The number of imide groups is 1. The van der Waals surface area contributed by atoms with Gasteiger partial charge < -0.3 is 19.7 Å². The van der Waals surface area contributed by atoms with Crippen LogP contribution in [0.1, 0.15) is 22.7 Å². The number of amides is 4.